The third-order valence-corrected chi connectivity index (χ3v) is 2.77. The van der Waals surface area contributed by atoms with Crippen LogP contribution in [0.15, 0.2) is 21.9 Å². The first kappa shape index (κ1) is 20.0. The number of rotatable bonds is 6. The Hall–Kier alpha value is -1.99. The fourth-order valence-electron chi connectivity index (χ4n) is 1.51. The topological polar surface area (TPSA) is 125 Å². The van der Waals surface area contributed by atoms with Crippen LogP contribution in [0.3, 0.4) is 0 Å². The summed E-state index contributed by atoms with van der Waals surface area (Å²) in [7, 11) is 0.500. The summed E-state index contributed by atoms with van der Waals surface area (Å²) in [5.74, 6) is 2.00. The fourth-order valence-corrected chi connectivity index (χ4v) is 1.51. The molecule has 4 N–H and O–H groups in total. The molecule has 0 aliphatic carbocycles. The minimum absolute atomic E-state index is 0.500. The molecule has 9 heteroatoms. The number of alkyl halides is 1. The number of hydrogen-bond acceptors (Lipinski definition) is 6. The molecule has 22 heavy (non-hydrogen) atoms. The van der Waals surface area contributed by atoms with E-state index in [9.17, 15) is 29.3 Å². The molecule has 3 atom stereocenters. The number of hydrogen-bond donors (Lipinski definition) is 4. The zero-order valence-corrected chi connectivity index (χ0v) is 12.2. The van der Waals surface area contributed by atoms with Gasteiger partial charge in [-0.05, 0) is 6.92 Å². The molecule has 1 rings (SSSR count). The molecule has 0 spiro atoms. The number of aliphatic hydroxyl groups is 3. The van der Waals surface area contributed by atoms with Crippen LogP contribution >= 0.6 is 0 Å². The maximum atomic E-state index is 11.6. The third-order valence-electron chi connectivity index (χ3n) is 2.77. The molecule has 0 radical (unpaired) electrons. The molecule has 1 heterocycles. The highest BCUT2D eigenvalue weighted by Crippen LogP contribution is 2.21. The number of halogens is 1. The summed E-state index contributed by atoms with van der Waals surface area (Å²) in [5, 5.41) is 28.2. The Kier molecular flexibility index (Phi) is 8.29. The fraction of sp³-hybridized carbons (Fsp3) is 0.538. The normalized spacial score (nSPS) is 15.7. The minimum atomic E-state index is -1.57. The maximum absolute atomic E-state index is 11.6. The van der Waals surface area contributed by atoms with E-state index in [1.807, 2.05) is 10.9 Å². The number of aromatic nitrogens is 2. The Labute approximate surface area is 125 Å². The van der Waals surface area contributed by atoms with Crippen molar-refractivity contribution in [1.82, 2.24) is 9.55 Å². The van der Waals surface area contributed by atoms with E-state index in [0.29, 0.717) is 7.18 Å². The van der Waals surface area contributed by atoms with Gasteiger partial charge in [0, 0.05) is 12.3 Å². The minimum Gasteiger partial charge on any atom is -0.393 e. The highest BCUT2D eigenvalue weighted by molar-refractivity contribution is 5.04. The van der Waals surface area contributed by atoms with Crippen LogP contribution in [-0.2, 0) is 4.74 Å². The van der Waals surface area contributed by atoms with Gasteiger partial charge in [0.05, 0.1) is 20.4 Å². The van der Waals surface area contributed by atoms with Crippen molar-refractivity contribution in [3.05, 3.63) is 33.1 Å². The number of terminal acetylenes is 1. The molecule has 0 unspecified atom stereocenters. The van der Waals surface area contributed by atoms with Crippen molar-refractivity contribution in [3.8, 4) is 12.3 Å². The summed E-state index contributed by atoms with van der Waals surface area (Å²) >= 11 is 0. The number of H-pyrrole nitrogens is 1. The molecule has 0 saturated heterocycles. The van der Waals surface area contributed by atoms with Gasteiger partial charge in [-0.25, -0.2) is 4.79 Å². The SMILES string of the molecule is C#C[C@H](O)[C@@](C)(CO)O[C@H](CO)n1ccc(=O)[nH]c1=O.CF. The van der Waals surface area contributed by atoms with Gasteiger partial charge in [0.25, 0.3) is 5.56 Å². The molecular formula is C13H19FN2O6. The average molecular weight is 318 g/mol. The summed E-state index contributed by atoms with van der Waals surface area (Å²) < 4.78 is 15.8. The molecule has 0 bridgehead atoms. The highest BCUT2D eigenvalue weighted by atomic mass is 19.1. The standard InChI is InChI=1S/C12H16N2O6.CH3F/c1-3-8(17)12(2,7-16)20-10(6-15)14-5-4-9(18)13-11(14)19;1-2/h1,4-5,8,10,15-17H,6-7H2,2H3,(H,13,18,19);1H3/t8-,10+,12+;/m0./s1. The summed E-state index contributed by atoms with van der Waals surface area (Å²) in [6.07, 6.45) is 3.53. The van der Waals surface area contributed by atoms with Crippen molar-refractivity contribution in [2.24, 2.45) is 0 Å². The summed E-state index contributed by atoms with van der Waals surface area (Å²) in [6, 6.07) is 1.07. The molecule has 0 aromatic carbocycles. The van der Waals surface area contributed by atoms with E-state index in [1.165, 1.54) is 6.92 Å². The van der Waals surface area contributed by atoms with Gasteiger partial charge < -0.3 is 20.1 Å². The first-order chi connectivity index (χ1) is 10.4. The van der Waals surface area contributed by atoms with Gasteiger partial charge in [0.2, 0.25) is 0 Å². The van der Waals surface area contributed by atoms with Crippen LogP contribution in [0.2, 0.25) is 0 Å². The number of aromatic amines is 1. The van der Waals surface area contributed by atoms with Gasteiger partial charge in [-0.2, -0.15) is 0 Å². The van der Waals surface area contributed by atoms with Gasteiger partial charge in [-0.15, -0.1) is 6.42 Å². The van der Waals surface area contributed by atoms with Crippen LogP contribution in [0.4, 0.5) is 4.39 Å². The van der Waals surface area contributed by atoms with Crippen LogP contribution in [0, 0.1) is 12.3 Å². The Morgan fingerprint density at radius 3 is 2.50 bits per heavy atom. The van der Waals surface area contributed by atoms with E-state index < -0.39 is 42.4 Å². The van der Waals surface area contributed by atoms with Crippen molar-refractivity contribution < 1.29 is 24.4 Å². The lowest BCUT2D eigenvalue weighted by molar-refractivity contribution is -0.185. The number of aliphatic hydroxyl groups excluding tert-OH is 3. The van der Waals surface area contributed by atoms with Gasteiger partial charge in [-0.1, -0.05) is 5.92 Å². The quantitative estimate of drug-likeness (QED) is 0.467. The molecule has 0 saturated carbocycles. The first-order valence-electron chi connectivity index (χ1n) is 6.11. The van der Waals surface area contributed by atoms with Crippen molar-refractivity contribution >= 4 is 0 Å². The molecule has 0 aliphatic heterocycles. The second kappa shape index (κ2) is 9.11. The highest BCUT2D eigenvalue weighted by Gasteiger charge is 2.36. The van der Waals surface area contributed by atoms with Crippen LogP contribution in [0.25, 0.3) is 0 Å². The van der Waals surface area contributed by atoms with Gasteiger partial charge in [0.1, 0.15) is 11.7 Å². The van der Waals surface area contributed by atoms with Crippen molar-refractivity contribution in [2.45, 2.75) is 24.9 Å². The predicted octanol–water partition coefficient (Wildman–Crippen LogP) is -1.63. The van der Waals surface area contributed by atoms with E-state index in [2.05, 4.69) is 0 Å². The van der Waals surface area contributed by atoms with E-state index in [0.717, 1.165) is 16.8 Å². The molecule has 0 amide bonds. The predicted molar refractivity (Wildman–Crippen MR) is 75.9 cm³/mol. The molecule has 0 aliphatic rings. The van der Waals surface area contributed by atoms with E-state index in [1.54, 1.807) is 0 Å². The van der Waals surface area contributed by atoms with Gasteiger partial charge in [-0.3, -0.25) is 18.7 Å². The molecule has 1 aromatic rings. The monoisotopic (exact) mass is 318 g/mol. The zero-order chi connectivity index (χ0) is 17.3. The average Bonchev–Trinajstić information content (AvgIpc) is 2.54. The van der Waals surface area contributed by atoms with Gasteiger partial charge in [0.15, 0.2) is 6.23 Å². The van der Waals surface area contributed by atoms with Crippen molar-refractivity contribution in [1.29, 1.82) is 0 Å². The first-order valence-corrected chi connectivity index (χ1v) is 6.11. The van der Waals surface area contributed by atoms with Crippen molar-refractivity contribution in [3.63, 3.8) is 0 Å². The number of nitrogens with one attached hydrogen (secondary N) is 1. The van der Waals surface area contributed by atoms with Crippen LogP contribution < -0.4 is 11.2 Å². The lowest BCUT2D eigenvalue weighted by atomic mass is 10.0. The molecular weight excluding hydrogens is 299 g/mol. The van der Waals surface area contributed by atoms with Crippen LogP contribution in [0.5, 0.6) is 0 Å². The smallest absolute Gasteiger partial charge is 0.330 e. The van der Waals surface area contributed by atoms with E-state index in [4.69, 9.17) is 11.2 Å². The summed E-state index contributed by atoms with van der Waals surface area (Å²) in [4.78, 5) is 24.6. The molecule has 124 valence electrons. The Morgan fingerprint density at radius 1 is 1.50 bits per heavy atom. The lowest BCUT2D eigenvalue weighted by Gasteiger charge is -2.33. The number of ether oxygens (including phenoxy) is 1. The molecule has 0 fully saturated rings. The van der Waals surface area contributed by atoms with E-state index >= 15 is 0 Å². The summed E-state index contributed by atoms with van der Waals surface area (Å²) in [5.41, 5.74) is -2.97. The Bertz CT molecular complexity index is 608. The number of nitrogens with zero attached hydrogens (tertiary/aromatic N) is 1. The third kappa shape index (κ3) is 4.78. The van der Waals surface area contributed by atoms with Gasteiger partial charge >= 0.3 is 5.69 Å². The van der Waals surface area contributed by atoms with Crippen LogP contribution in [-0.4, -0.2) is 57.0 Å². The van der Waals surface area contributed by atoms with Crippen molar-refractivity contribution in [2.75, 3.05) is 20.4 Å². The second-order valence-corrected chi connectivity index (χ2v) is 4.31. The zero-order valence-electron chi connectivity index (χ0n) is 12.2. The maximum Gasteiger partial charge on any atom is 0.330 e. The van der Waals surface area contributed by atoms with E-state index in [-0.39, 0.29) is 0 Å². The summed E-state index contributed by atoms with van der Waals surface area (Å²) in [6.45, 7) is 0.0721. The molecule has 1 aromatic heterocycles. The second-order valence-electron chi connectivity index (χ2n) is 4.31. The Morgan fingerprint density at radius 2 is 2.09 bits per heavy atom. The Balaban J connectivity index is 0.00000211. The van der Waals surface area contributed by atoms with Crippen LogP contribution in [0.1, 0.15) is 13.2 Å². The molecule has 8 nitrogen and oxygen atoms in total. The lowest BCUT2D eigenvalue weighted by Crippen LogP contribution is -2.48. The largest absolute Gasteiger partial charge is 0.393 e.